The van der Waals surface area contributed by atoms with Crippen molar-refractivity contribution in [2.24, 2.45) is 0 Å². The molecule has 1 aliphatic heterocycles. The molecule has 0 bridgehead atoms. The molecule has 0 aliphatic carbocycles. The number of carbonyl (C=O) groups excluding carboxylic acids is 1. The van der Waals surface area contributed by atoms with Crippen LogP contribution in [0.25, 0.3) is 22.0 Å². The molecule has 1 amide bonds. The maximum absolute atomic E-state index is 11.8. The fourth-order valence-corrected chi connectivity index (χ4v) is 3.90. The Morgan fingerprint density at radius 3 is 2.62 bits per heavy atom. The van der Waals surface area contributed by atoms with Gasteiger partial charge in [0.05, 0.1) is 5.52 Å². The average Bonchev–Trinajstić information content (AvgIpc) is 2.78. The zero-order valence-corrected chi connectivity index (χ0v) is 16.6. The lowest BCUT2D eigenvalue weighted by atomic mass is 9.98. The van der Waals surface area contributed by atoms with Gasteiger partial charge in [0.15, 0.2) is 0 Å². The minimum absolute atomic E-state index is 0.0444. The molecule has 0 unspecified atom stereocenters. The normalized spacial score (nSPS) is 13.9. The first-order valence-corrected chi connectivity index (χ1v) is 9.66. The number of hydrogen-bond donors (Lipinski definition) is 0. The van der Waals surface area contributed by atoms with Crippen molar-refractivity contribution in [3.63, 3.8) is 0 Å². The molecule has 2 heterocycles. The molecule has 0 radical (unpaired) electrons. The number of halogens is 1. The standard InChI is InChI=1S/C23H19ClN4O/c1-3-16-7-5-6-8-17(16)18-14-21-19(13-20(18)24)23(26-15-25-21)28-11-9-27(10-12-28)22(29)4-2/h1,4-8,13-15H,2,9-12H2. The van der Waals surface area contributed by atoms with Crippen molar-refractivity contribution in [1.82, 2.24) is 14.9 Å². The molecule has 3 aromatic rings. The number of terminal acetylenes is 1. The van der Waals surface area contributed by atoms with E-state index in [0.717, 1.165) is 33.4 Å². The Morgan fingerprint density at radius 2 is 1.90 bits per heavy atom. The second kappa shape index (κ2) is 7.94. The second-order valence-electron chi connectivity index (χ2n) is 6.75. The Hall–Kier alpha value is -3.36. The molecule has 1 saturated heterocycles. The molecular weight excluding hydrogens is 384 g/mol. The zero-order valence-electron chi connectivity index (χ0n) is 15.8. The van der Waals surface area contributed by atoms with Gasteiger partial charge in [-0.25, -0.2) is 9.97 Å². The highest BCUT2D eigenvalue weighted by atomic mass is 35.5. The van der Waals surface area contributed by atoms with Gasteiger partial charge in [-0.1, -0.05) is 42.3 Å². The summed E-state index contributed by atoms with van der Waals surface area (Å²) in [5.41, 5.74) is 3.33. The number of hydrogen-bond acceptors (Lipinski definition) is 4. The Kier molecular flexibility index (Phi) is 5.20. The molecule has 144 valence electrons. The summed E-state index contributed by atoms with van der Waals surface area (Å²) >= 11 is 6.65. The summed E-state index contributed by atoms with van der Waals surface area (Å²) in [5.74, 6) is 3.49. The number of rotatable bonds is 3. The molecule has 0 spiro atoms. The number of anilines is 1. The van der Waals surface area contributed by atoms with Crippen LogP contribution in [-0.2, 0) is 4.79 Å². The van der Waals surface area contributed by atoms with Gasteiger partial charge < -0.3 is 9.80 Å². The predicted molar refractivity (Wildman–Crippen MR) is 117 cm³/mol. The van der Waals surface area contributed by atoms with E-state index in [2.05, 4.69) is 27.4 Å². The van der Waals surface area contributed by atoms with Crippen molar-refractivity contribution >= 4 is 34.2 Å². The number of piperazine rings is 1. The molecule has 0 N–H and O–H groups in total. The Labute approximate surface area is 174 Å². The second-order valence-corrected chi connectivity index (χ2v) is 7.16. The van der Waals surface area contributed by atoms with Crippen molar-refractivity contribution in [3.05, 3.63) is 66.0 Å². The summed E-state index contributed by atoms with van der Waals surface area (Å²) in [5, 5.41) is 1.47. The van der Waals surface area contributed by atoms with Gasteiger partial charge in [-0.15, -0.1) is 6.42 Å². The van der Waals surface area contributed by atoms with Gasteiger partial charge in [0, 0.05) is 47.7 Å². The number of nitrogens with zero attached hydrogens (tertiary/aromatic N) is 4. The topological polar surface area (TPSA) is 49.3 Å². The first-order chi connectivity index (χ1) is 14.1. The van der Waals surface area contributed by atoms with E-state index in [4.69, 9.17) is 18.0 Å². The molecule has 29 heavy (non-hydrogen) atoms. The minimum Gasteiger partial charge on any atom is -0.352 e. The van der Waals surface area contributed by atoms with Gasteiger partial charge in [0.1, 0.15) is 12.1 Å². The summed E-state index contributed by atoms with van der Waals surface area (Å²) < 4.78 is 0. The van der Waals surface area contributed by atoms with Crippen LogP contribution < -0.4 is 4.90 Å². The molecular formula is C23H19ClN4O. The van der Waals surface area contributed by atoms with Gasteiger partial charge in [0.2, 0.25) is 5.91 Å². The predicted octanol–water partition coefficient (Wildman–Crippen LogP) is 3.77. The first kappa shape index (κ1) is 19.0. The third-order valence-corrected chi connectivity index (χ3v) is 5.45. The molecule has 1 aromatic heterocycles. The van der Waals surface area contributed by atoms with Crippen LogP contribution in [0.2, 0.25) is 5.02 Å². The van der Waals surface area contributed by atoms with Gasteiger partial charge in [-0.3, -0.25) is 4.79 Å². The summed E-state index contributed by atoms with van der Waals surface area (Å²) in [6.07, 6.45) is 8.57. The van der Waals surface area contributed by atoms with Crippen molar-refractivity contribution in [3.8, 4) is 23.5 Å². The van der Waals surface area contributed by atoms with E-state index in [-0.39, 0.29) is 5.91 Å². The van der Waals surface area contributed by atoms with E-state index in [9.17, 15) is 4.79 Å². The van der Waals surface area contributed by atoms with Crippen molar-refractivity contribution in [2.45, 2.75) is 0 Å². The van der Waals surface area contributed by atoms with E-state index >= 15 is 0 Å². The van der Waals surface area contributed by atoms with Gasteiger partial charge in [0.25, 0.3) is 0 Å². The highest BCUT2D eigenvalue weighted by Crippen LogP contribution is 2.36. The molecule has 5 nitrogen and oxygen atoms in total. The number of fused-ring (bicyclic) bond motifs is 1. The monoisotopic (exact) mass is 402 g/mol. The number of carbonyl (C=O) groups is 1. The Bertz CT molecular complexity index is 1140. The van der Waals surface area contributed by atoms with Crippen molar-refractivity contribution in [2.75, 3.05) is 31.1 Å². The van der Waals surface area contributed by atoms with E-state index in [1.807, 2.05) is 36.4 Å². The van der Waals surface area contributed by atoms with E-state index in [1.54, 1.807) is 11.2 Å². The summed E-state index contributed by atoms with van der Waals surface area (Å²) in [6.45, 7) is 6.17. The summed E-state index contributed by atoms with van der Waals surface area (Å²) in [4.78, 5) is 24.7. The van der Waals surface area contributed by atoms with Crippen LogP contribution in [0.15, 0.2) is 55.4 Å². The first-order valence-electron chi connectivity index (χ1n) is 9.29. The largest absolute Gasteiger partial charge is 0.352 e. The molecule has 0 saturated carbocycles. The highest BCUT2D eigenvalue weighted by molar-refractivity contribution is 6.34. The van der Waals surface area contributed by atoms with Crippen LogP contribution in [0.5, 0.6) is 0 Å². The van der Waals surface area contributed by atoms with E-state index in [1.165, 1.54) is 6.08 Å². The third-order valence-electron chi connectivity index (χ3n) is 5.14. The fourth-order valence-electron chi connectivity index (χ4n) is 3.63. The van der Waals surface area contributed by atoms with Crippen LogP contribution in [0.4, 0.5) is 5.82 Å². The van der Waals surface area contributed by atoms with Crippen LogP contribution >= 0.6 is 11.6 Å². The van der Waals surface area contributed by atoms with Crippen LogP contribution in [0, 0.1) is 12.3 Å². The van der Waals surface area contributed by atoms with E-state index < -0.39 is 0 Å². The highest BCUT2D eigenvalue weighted by Gasteiger charge is 2.22. The van der Waals surface area contributed by atoms with Crippen molar-refractivity contribution in [1.29, 1.82) is 0 Å². The van der Waals surface area contributed by atoms with Gasteiger partial charge in [-0.2, -0.15) is 0 Å². The zero-order chi connectivity index (χ0) is 20.4. The molecule has 0 atom stereocenters. The van der Waals surface area contributed by atoms with E-state index in [0.29, 0.717) is 31.2 Å². The number of aromatic nitrogens is 2. The van der Waals surface area contributed by atoms with Gasteiger partial charge >= 0.3 is 0 Å². The molecule has 1 aliphatic rings. The van der Waals surface area contributed by atoms with Gasteiger partial charge in [-0.05, 0) is 29.8 Å². The minimum atomic E-state index is -0.0444. The SMILES string of the molecule is C#Cc1ccccc1-c1cc2ncnc(N3CCN(C(=O)C=C)CC3)c2cc1Cl. The Balaban J connectivity index is 1.72. The smallest absolute Gasteiger partial charge is 0.246 e. The molecule has 4 rings (SSSR count). The third kappa shape index (κ3) is 3.55. The lowest BCUT2D eigenvalue weighted by Gasteiger charge is -2.35. The molecule has 6 heteroatoms. The van der Waals surface area contributed by atoms with Crippen LogP contribution in [0.1, 0.15) is 5.56 Å². The maximum Gasteiger partial charge on any atom is 0.246 e. The number of benzene rings is 2. The Morgan fingerprint density at radius 1 is 1.14 bits per heavy atom. The number of amides is 1. The summed E-state index contributed by atoms with van der Waals surface area (Å²) in [7, 11) is 0. The quantitative estimate of drug-likeness (QED) is 0.494. The lowest BCUT2D eigenvalue weighted by molar-refractivity contribution is -0.126. The molecule has 1 fully saturated rings. The van der Waals surface area contributed by atoms with Crippen molar-refractivity contribution < 1.29 is 4.79 Å². The van der Waals surface area contributed by atoms with Crippen LogP contribution in [-0.4, -0.2) is 47.0 Å². The average molecular weight is 403 g/mol. The summed E-state index contributed by atoms with van der Waals surface area (Å²) in [6, 6.07) is 11.6. The maximum atomic E-state index is 11.8. The van der Waals surface area contributed by atoms with Crippen LogP contribution in [0.3, 0.4) is 0 Å². The fraction of sp³-hybridized carbons (Fsp3) is 0.174. The lowest BCUT2D eigenvalue weighted by Crippen LogP contribution is -2.48. The molecule has 2 aromatic carbocycles.